The summed E-state index contributed by atoms with van der Waals surface area (Å²) < 4.78 is 17.3. The average molecular weight is 451 g/mol. The molecule has 0 radical (unpaired) electrons. The summed E-state index contributed by atoms with van der Waals surface area (Å²) in [5, 5.41) is 3.90. The van der Waals surface area contributed by atoms with E-state index in [-0.39, 0.29) is 11.5 Å². The van der Waals surface area contributed by atoms with E-state index in [4.69, 9.17) is 19.7 Å². The van der Waals surface area contributed by atoms with Gasteiger partial charge in [0.05, 0.1) is 26.9 Å². The number of carbonyl (C=O) groups is 1. The Hall–Kier alpha value is -3.22. The van der Waals surface area contributed by atoms with Gasteiger partial charge in [-0.2, -0.15) is 0 Å². The van der Waals surface area contributed by atoms with Crippen LogP contribution in [0.15, 0.2) is 59.7 Å². The molecule has 4 rings (SSSR count). The third-order valence-corrected chi connectivity index (χ3v) is 6.60. The summed E-state index contributed by atoms with van der Waals surface area (Å²) in [6.45, 7) is 2.29. The number of nitrogens with zero attached hydrogens (tertiary/aromatic N) is 4. The molecular formula is C25H30N4O4. The number of rotatable bonds is 9. The summed E-state index contributed by atoms with van der Waals surface area (Å²) in [5.41, 5.74) is 10.2. The van der Waals surface area contributed by atoms with Gasteiger partial charge in [0, 0.05) is 23.4 Å². The maximum absolute atomic E-state index is 12.8. The Labute approximate surface area is 194 Å². The van der Waals surface area contributed by atoms with Crippen LogP contribution in [0.1, 0.15) is 36.8 Å². The Bertz CT molecular complexity index is 993. The predicted molar refractivity (Wildman–Crippen MR) is 124 cm³/mol. The lowest BCUT2D eigenvalue weighted by Gasteiger charge is -2.44. The minimum atomic E-state index is -0.580. The maximum atomic E-state index is 12.8. The molecule has 8 nitrogen and oxygen atoms in total. The van der Waals surface area contributed by atoms with Crippen molar-refractivity contribution in [2.45, 2.75) is 44.4 Å². The number of hydrogen-bond acceptors (Lipinski definition) is 5. The standard InChI is InChI=1S/C25H30N4O4/c1-31-22-10-8-20(9-11-22)14-29-18-25(33-23(29)30)13-5-12-24(16-25,17-27-28-26)19-32-15-21-6-3-2-4-7-21/h2-4,6-11H,5,12-19H2,1H3/t24-,25?/m1/s1. The van der Waals surface area contributed by atoms with E-state index >= 15 is 0 Å². The Kier molecular flexibility index (Phi) is 7.06. The van der Waals surface area contributed by atoms with Gasteiger partial charge in [0.1, 0.15) is 11.4 Å². The molecule has 2 aromatic rings. The topological polar surface area (TPSA) is 96.8 Å². The first-order valence-corrected chi connectivity index (χ1v) is 11.3. The molecule has 174 valence electrons. The minimum absolute atomic E-state index is 0.296. The molecule has 2 fully saturated rings. The first kappa shape index (κ1) is 23.0. The van der Waals surface area contributed by atoms with E-state index in [1.54, 1.807) is 12.0 Å². The van der Waals surface area contributed by atoms with Crippen LogP contribution in [-0.4, -0.2) is 43.4 Å². The number of carbonyl (C=O) groups excluding carboxylic acids is 1. The van der Waals surface area contributed by atoms with Crippen LogP contribution in [0.2, 0.25) is 0 Å². The first-order valence-electron chi connectivity index (χ1n) is 11.3. The van der Waals surface area contributed by atoms with Crippen LogP contribution >= 0.6 is 0 Å². The van der Waals surface area contributed by atoms with Gasteiger partial charge in [0.2, 0.25) is 0 Å². The van der Waals surface area contributed by atoms with Crippen molar-refractivity contribution in [2.24, 2.45) is 10.5 Å². The fourth-order valence-electron chi connectivity index (χ4n) is 5.08. The van der Waals surface area contributed by atoms with Crippen LogP contribution < -0.4 is 4.74 Å². The molecule has 8 heteroatoms. The Balaban J connectivity index is 1.44. The van der Waals surface area contributed by atoms with E-state index in [9.17, 15) is 4.79 Å². The summed E-state index contributed by atoms with van der Waals surface area (Å²) in [6.07, 6.45) is 2.89. The molecule has 1 amide bonds. The van der Waals surface area contributed by atoms with Crippen LogP contribution in [0.25, 0.3) is 10.4 Å². The van der Waals surface area contributed by atoms with Gasteiger partial charge in [0.25, 0.3) is 0 Å². The lowest BCUT2D eigenvalue weighted by Crippen LogP contribution is -2.47. The number of amides is 1. The third-order valence-electron chi connectivity index (χ3n) is 6.60. The Morgan fingerprint density at radius 2 is 1.91 bits per heavy atom. The zero-order valence-electron chi connectivity index (χ0n) is 19.0. The third kappa shape index (κ3) is 5.59. The van der Waals surface area contributed by atoms with Crippen LogP contribution in [0.3, 0.4) is 0 Å². The van der Waals surface area contributed by atoms with E-state index < -0.39 is 5.60 Å². The molecule has 0 bridgehead atoms. The smallest absolute Gasteiger partial charge is 0.410 e. The summed E-state index contributed by atoms with van der Waals surface area (Å²) in [7, 11) is 1.63. The average Bonchev–Trinajstić information content (AvgIpc) is 3.12. The van der Waals surface area contributed by atoms with Crippen LogP contribution in [-0.2, 0) is 22.6 Å². The molecule has 1 heterocycles. The number of benzene rings is 2. The molecule has 33 heavy (non-hydrogen) atoms. The Morgan fingerprint density at radius 1 is 1.12 bits per heavy atom. The molecule has 2 aliphatic rings. The van der Waals surface area contributed by atoms with E-state index in [1.807, 2.05) is 54.6 Å². The highest BCUT2D eigenvalue weighted by Gasteiger charge is 2.52. The molecule has 1 saturated heterocycles. The molecule has 2 aromatic carbocycles. The summed E-state index contributed by atoms with van der Waals surface area (Å²) in [6, 6.07) is 17.7. The van der Waals surface area contributed by atoms with Gasteiger partial charge in [-0.1, -0.05) is 47.6 Å². The monoisotopic (exact) mass is 450 g/mol. The molecule has 1 aliphatic heterocycles. The van der Waals surface area contributed by atoms with E-state index in [0.29, 0.717) is 39.3 Å². The largest absolute Gasteiger partial charge is 0.497 e. The van der Waals surface area contributed by atoms with Crippen molar-refractivity contribution >= 4 is 6.09 Å². The van der Waals surface area contributed by atoms with Gasteiger partial charge in [-0.05, 0) is 54.5 Å². The maximum Gasteiger partial charge on any atom is 0.410 e. The van der Waals surface area contributed by atoms with Crippen molar-refractivity contribution in [3.8, 4) is 5.75 Å². The van der Waals surface area contributed by atoms with Crippen LogP contribution in [0.5, 0.6) is 5.75 Å². The lowest BCUT2D eigenvalue weighted by atomic mass is 9.67. The lowest BCUT2D eigenvalue weighted by molar-refractivity contribution is -0.0625. The van der Waals surface area contributed by atoms with Gasteiger partial charge in [-0.25, -0.2) is 4.79 Å². The SMILES string of the molecule is COc1ccc(CN2CC3(CCC[C@@](CN=[N+]=[N-])(COCc4ccccc4)C3)OC2=O)cc1. The van der Waals surface area contributed by atoms with Crippen molar-refractivity contribution in [1.29, 1.82) is 0 Å². The van der Waals surface area contributed by atoms with E-state index in [1.165, 1.54) is 0 Å². The second-order valence-corrected chi connectivity index (χ2v) is 9.15. The summed E-state index contributed by atoms with van der Waals surface area (Å²) >= 11 is 0. The molecule has 0 N–H and O–H groups in total. The van der Waals surface area contributed by atoms with Gasteiger partial charge >= 0.3 is 6.09 Å². The molecule has 1 unspecified atom stereocenters. The molecular weight excluding hydrogens is 420 g/mol. The molecule has 1 spiro atoms. The number of hydrogen-bond donors (Lipinski definition) is 0. The fraction of sp³-hybridized carbons (Fsp3) is 0.480. The number of ether oxygens (including phenoxy) is 3. The fourth-order valence-corrected chi connectivity index (χ4v) is 5.08. The predicted octanol–water partition coefficient (Wildman–Crippen LogP) is 5.47. The highest BCUT2D eigenvalue weighted by Crippen LogP contribution is 2.47. The van der Waals surface area contributed by atoms with Crippen molar-refractivity contribution in [1.82, 2.24) is 4.90 Å². The second kappa shape index (κ2) is 10.1. The van der Waals surface area contributed by atoms with Gasteiger partial charge < -0.3 is 14.2 Å². The van der Waals surface area contributed by atoms with Gasteiger partial charge in [0.15, 0.2) is 0 Å². The molecule has 1 aliphatic carbocycles. The highest BCUT2D eigenvalue weighted by atomic mass is 16.6. The number of azide groups is 1. The molecule has 1 saturated carbocycles. The normalized spacial score (nSPS) is 24.4. The first-order chi connectivity index (χ1) is 16.1. The summed E-state index contributed by atoms with van der Waals surface area (Å²) in [4.78, 5) is 17.5. The Morgan fingerprint density at radius 3 is 2.64 bits per heavy atom. The van der Waals surface area contributed by atoms with Gasteiger partial charge in [-0.3, -0.25) is 4.90 Å². The minimum Gasteiger partial charge on any atom is -0.497 e. The summed E-state index contributed by atoms with van der Waals surface area (Å²) in [5.74, 6) is 0.782. The van der Waals surface area contributed by atoms with Crippen LogP contribution in [0.4, 0.5) is 4.79 Å². The van der Waals surface area contributed by atoms with Crippen molar-refractivity contribution in [2.75, 3.05) is 26.8 Å². The molecule has 0 aromatic heterocycles. The number of methoxy groups -OCH3 is 1. The van der Waals surface area contributed by atoms with E-state index in [0.717, 1.165) is 36.1 Å². The van der Waals surface area contributed by atoms with Crippen molar-refractivity contribution in [3.05, 3.63) is 76.2 Å². The quantitative estimate of drug-likeness (QED) is 0.287. The van der Waals surface area contributed by atoms with Crippen molar-refractivity contribution in [3.63, 3.8) is 0 Å². The highest BCUT2D eigenvalue weighted by molar-refractivity contribution is 5.70. The van der Waals surface area contributed by atoms with E-state index in [2.05, 4.69) is 10.0 Å². The van der Waals surface area contributed by atoms with Crippen molar-refractivity contribution < 1.29 is 19.0 Å². The second-order valence-electron chi connectivity index (χ2n) is 9.15. The van der Waals surface area contributed by atoms with Gasteiger partial charge in [-0.15, -0.1) is 0 Å². The zero-order chi connectivity index (χ0) is 23.2. The van der Waals surface area contributed by atoms with Crippen LogP contribution in [0, 0.1) is 5.41 Å². The zero-order valence-corrected chi connectivity index (χ0v) is 19.0. The molecule has 2 atom stereocenters.